The van der Waals surface area contributed by atoms with E-state index in [2.05, 4.69) is 6.58 Å². The van der Waals surface area contributed by atoms with Gasteiger partial charge in [0.25, 0.3) is 0 Å². The van der Waals surface area contributed by atoms with Crippen molar-refractivity contribution < 1.29 is 4.39 Å². The molecule has 0 bridgehead atoms. The molecule has 0 aliphatic rings. The maximum Gasteiger partial charge on any atom is 0.181 e. The van der Waals surface area contributed by atoms with Gasteiger partial charge in [-0.3, -0.25) is 0 Å². The molecule has 0 saturated heterocycles. The van der Waals surface area contributed by atoms with E-state index in [-0.39, 0.29) is 0 Å². The Morgan fingerprint density at radius 3 is 1.83 bits per heavy atom. The summed E-state index contributed by atoms with van der Waals surface area (Å²) in [6, 6.07) is 0. The van der Waals surface area contributed by atoms with Gasteiger partial charge in [-0.25, -0.2) is 0 Å². The molecule has 0 aliphatic carbocycles. The van der Waals surface area contributed by atoms with E-state index in [4.69, 9.17) is 0 Å². The molecule has 0 atom stereocenters. The Bertz CT molecular complexity index is 58.6. The van der Waals surface area contributed by atoms with Crippen molar-refractivity contribution >= 4 is 0 Å². The quantitative estimate of drug-likeness (QED) is 0.433. The maximum absolute atomic E-state index is 11.6. The van der Waals surface area contributed by atoms with E-state index in [1.807, 2.05) is 0 Å². The van der Waals surface area contributed by atoms with Crippen LogP contribution >= 0.6 is 0 Å². The molecule has 36 valence electrons. The fourth-order valence-corrected chi connectivity index (χ4v) is 0. The number of hydrogen-bond donors (Lipinski definition) is 0. The molecule has 0 N–H and O–H groups in total. The number of nitrogens with zero attached hydrogens (tertiary/aromatic N) is 1. The molecule has 0 aromatic heterocycles. The van der Waals surface area contributed by atoms with Crippen LogP contribution in [0.2, 0.25) is 0 Å². The molecule has 0 radical (unpaired) electrons. The van der Waals surface area contributed by atoms with E-state index < -0.39 is 5.95 Å². The Morgan fingerprint density at radius 1 is 1.67 bits per heavy atom. The molecule has 0 spiro atoms. The van der Waals surface area contributed by atoms with Gasteiger partial charge >= 0.3 is 0 Å². The summed E-state index contributed by atoms with van der Waals surface area (Å²) in [4.78, 5) is 1.31. The second-order valence-corrected chi connectivity index (χ2v) is 1.27. The van der Waals surface area contributed by atoms with E-state index in [1.54, 1.807) is 14.1 Å². The summed E-state index contributed by atoms with van der Waals surface area (Å²) in [6.07, 6.45) is 0. The molecule has 0 saturated carbocycles. The van der Waals surface area contributed by atoms with Crippen molar-refractivity contribution in [2.24, 2.45) is 0 Å². The van der Waals surface area contributed by atoms with Crippen LogP contribution in [0.25, 0.3) is 0 Å². The highest BCUT2D eigenvalue weighted by Crippen LogP contribution is 1.90. The van der Waals surface area contributed by atoms with Crippen molar-refractivity contribution in [2.75, 3.05) is 14.1 Å². The number of rotatable bonds is 1. The molecule has 0 unspecified atom stereocenters. The van der Waals surface area contributed by atoms with Crippen molar-refractivity contribution in [3.8, 4) is 0 Å². The Kier molecular flexibility index (Phi) is 1.64. The fraction of sp³-hybridized carbons (Fsp3) is 0.500. The van der Waals surface area contributed by atoms with Crippen LogP contribution in [0.15, 0.2) is 12.5 Å². The smallest absolute Gasteiger partial charge is 0.181 e. The summed E-state index contributed by atoms with van der Waals surface area (Å²) in [5, 5.41) is 0. The first kappa shape index (κ1) is 5.47. The van der Waals surface area contributed by atoms with Crippen LogP contribution in [0.5, 0.6) is 0 Å². The first-order valence-corrected chi connectivity index (χ1v) is 1.66. The summed E-state index contributed by atoms with van der Waals surface area (Å²) in [6.45, 7) is 3.01. The third-order valence-electron chi connectivity index (χ3n) is 0.485. The van der Waals surface area contributed by atoms with Crippen molar-refractivity contribution in [2.45, 2.75) is 0 Å². The second-order valence-electron chi connectivity index (χ2n) is 1.27. The molecule has 2 heteroatoms. The van der Waals surface area contributed by atoms with E-state index >= 15 is 0 Å². The third-order valence-corrected chi connectivity index (χ3v) is 0.485. The van der Waals surface area contributed by atoms with Gasteiger partial charge in [0.15, 0.2) is 5.95 Å². The third kappa shape index (κ3) is 1.76. The molecule has 6 heavy (non-hydrogen) atoms. The average molecular weight is 89.1 g/mol. The molecule has 1 nitrogen and oxygen atoms in total. The number of halogens is 1. The topological polar surface area (TPSA) is 3.24 Å². The van der Waals surface area contributed by atoms with Gasteiger partial charge in [0, 0.05) is 14.1 Å². The van der Waals surface area contributed by atoms with Crippen molar-refractivity contribution in [1.82, 2.24) is 4.90 Å². The van der Waals surface area contributed by atoms with Gasteiger partial charge in [-0.05, 0) is 6.58 Å². The molecule has 0 fully saturated rings. The second kappa shape index (κ2) is 1.80. The van der Waals surface area contributed by atoms with Crippen LogP contribution in [-0.2, 0) is 0 Å². The van der Waals surface area contributed by atoms with Gasteiger partial charge in [-0.15, -0.1) is 0 Å². The zero-order chi connectivity index (χ0) is 5.15. The van der Waals surface area contributed by atoms with Crippen LogP contribution in [0.3, 0.4) is 0 Å². The average Bonchev–Trinajstić information content (AvgIpc) is 1.36. The molecule has 0 aliphatic heterocycles. The molecular weight excluding hydrogens is 81.0 g/mol. The van der Waals surface area contributed by atoms with Gasteiger partial charge in [0.05, 0.1) is 0 Å². The van der Waals surface area contributed by atoms with E-state index in [0.29, 0.717) is 0 Å². The standard InChI is InChI=1S/C4H8FN/c1-4(5)6(2)3/h1H2,2-3H3. The number of hydrogen-bond acceptors (Lipinski definition) is 1. The Labute approximate surface area is 37.1 Å². The summed E-state index contributed by atoms with van der Waals surface area (Å²) in [5.74, 6) is -0.407. The van der Waals surface area contributed by atoms with Gasteiger partial charge in [0.2, 0.25) is 0 Å². The van der Waals surface area contributed by atoms with E-state index in [1.165, 1.54) is 4.90 Å². The first-order valence-electron chi connectivity index (χ1n) is 1.66. The van der Waals surface area contributed by atoms with Gasteiger partial charge in [0.1, 0.15) is 0 Å². The van der Waals surface area contributed by atoms with Crippen LogP contribution in [-0.4, -0.2) is 19.0 Å². The molecule has 0 heterocycles. The zero-order valence-corrected chi connectivity index (χ0v) is 4.03. The van der Waals surface area contributed by atoms with Crippen molar-refractivity contribution in [1.29, 1.82) is 0 Å². The zero-order valence-electron chi connectivity index (χ0n) is 4.03. The van der Waals surface area contributed by atoms with Gasteiger partial charge in [-0.1, -0.05) is 0 Å². The molecule has 0 aromatic rings. The summed E-state index contributed by atoms with van der Waals surface area (Å²) < 4.78 is 11.6. The van der Waals surface area contributed by atoms with Crippen molar-refractivity contribution in [3.05, 3.63) is 12.5 Å². The highest BCUT2D eigenvalue weighted by Gasteiger charge is 1.84. The lowest BCUT2D eigenvalue weighted by atomic mass is 10.8. The van der Waals surface area contributed by atoms with Gasteiger partial charge < -0.3 is 4.90 Å². The highest BCUT2D eigenvalue weighted by atomic mass is 19.1. The van der Waals surface area contributed by atoms with Crippen molar-refractivity contribution in [3.63, 3.8) is 0 Å². The maximum atomic E-state index is 11.6. The minimum Gasteiger partial charge on any atom is -0.355 e. The van der Waals surface area contributed by atoms with Crippen LogP contribution in [0.4, 0.5) is 4.39 Å². The minimum atomic E-state index is -0.407. The Morgan fingerprint density at radius 2 is 1.83 bits per heavy atom. The first-order chi connectivity index (χ1) is 2.64. The Balaban J connectivity index is 3.26. The normalized spacial score (nSPS) is 7.83. The molecule has 0 amide bonds. The largest absolute Gasteiger partial charge is 0.355 e. The lowest BCUT2D eigenvalue weighted by Gasteiger charge is -2.03. The molecule has 0 rings (SSSR count). The summed E-state index contributed by atoms with van der Waals surface area (Å²) in [5.41, 5.74) is 0. The van der Waals surface area contributed by atoms with Crippen LogP contribution in [0, 0.1) is 0 Å². The predicted octanol–water partition coefficient (Wildman–Crippen LogP) is 0.989. The summed E-state index contributed by atoms with van der Waals surface area (Å²) in [7, 11) is 3.20. The lowest BCUT2D eigenvalue weighted by Crippen LogP contribution is -2.04. The van der Waals surface area contributed by atoms with E-state index in [9.17, 15) is 4.39 Å². The van der Waals surface area contributed by atoms with Crippen LogP contribution < -0.4 is 0 Å². The molecular formula is C4H8FN. The fourth-order valence-electron chi connectivity index (χ4n) is 0. The highest BCUT2D eigenvalue weighted by molar-refractivity contribution is 4.73. The lowest BCUT2D eigenvalue weighted by molar-refractivity contribution is 0.377. The van der Waals surface area contributed by atoms with Gasteiger partial charge in [-0.2, -0.15) is 4.39 Å². The predicted molar refractivity (Wildman–Crippen MR) is 23.9 cm³/mol. The monoisotopic (exact) mass is 89.1 g/mol. The van der Waals surface area contributed by atoms with Crippen LogP contribution in [0.1, 0.15) is 0 Å². The van der Waals surface area contributed by atoms with E-state index in [0.717, 1.165) is 0 Å². The Hall–Kier alpha value is -0.530. The SMILES string of the molecule is C=C(F)N(C)C. The minimum absolute atomic E-state index is 0.407. The summed E-state index contributed by atoms with van der Waals surface area (Å²) >= 11 is 0. The molecule has 0 aromatic carbocycles.